The number of ether oxygens (including phenoxy) is 1. The molecule has 2 fully saturated rings. The Morgan fingerprint density at radius 3 is 2.40 bits per heavy atom. The second-order valence-corrected chi connectivity index (χ2v) is 9.62. The zero-order valence-electron chi connectivity index (χ0n) is 20.0. The number of Topliss-reactive ketones (excluding diaryl/α,β-unsaturated/α-hetero) is 1. The highest BCUT2D eigenvalue weighted by Gasteiger charge is 2.34. The molecule has 2 aliphatic rings. The molecule has 2 amide bonds. The third kappa shape index (κ3) is 7.32. The van der Waals surface area contributed by atoms with Crippen molar-refractivity contribution in [1.82, 2.24) is 10.2 Å². The van der Waals surface area contributed by atoms with Crippen LogP contribution in [0.25, 0.3) is 0 Å². The van der Waals surface area contributed by atoms with Crippen LogP contribution in [0, 0.1) is 11.7 Å². The van der Waals surface area contributed by atoms with Crippen molar-refractivity contribution in [1.29, 1.82) is 0 Å². The van der Waals surface area contributed by atoms with E-state index in [1.807, 2.05) is 12.1 Å². The van der Waals surface area contributed by atoms with Crippen molar-refractivity contribution in [2.24, 2.45) is 5.92 Å². The topological polar surface area (TPSA) is 70.7 Å². The zero-order chi connectivity index (χ0) is 24.8. The van der Waals surface area contributed by atoms with Crippen molar-refractivity contribution >= 4 is 17.5 Å². The average molecular weight is 486 g/mol. The highest BCUT2D eigenvalue weighted by atomic mass is 19.1. The van der Waals surface area contributed by atoms with Gasteiger partial charge in [-0.2, -0.15) is 0 Å². The molecule has 4 rings (SSSR count). The van der Waals surface area contributed by atoms with E-state index in [9.17, 15) is 18.4 Å². The zero-order valence-corrected chi connectivity index (χ0v) is 20.0. The lowest BCUT2D eigenvalue weighted by molar-refractivity contribution is -0.0615. The number of hydrogen-bond acceptors (Lipinski definition) is 4. The molecule has 188 valence electrons. The van der Waals surface area contributed by atoms with E-state index in [1.54, 1.807) is 24.3 Å². The van der Waals surface area contributed by atoms with Gasteiger partial charge >= 0.3 is 6.03 Å². The van der Waals surface area contributed by atoms with Crippen LogP contribution in [0.1, 0.15) is 42.1 Å². The normalized spacial score (nSPS) is 23.6. The molecular weight excluding hydrogens is 452 g/mol. The van der Waals surface area contributed by atoms with Crippen LogP contribution in [-0.2, 0) is 11.2 Å². The van der Waals surface area contributed by atoms with E-state index >= 15 is 0 Å². The highest BCUT2D eigenvalue weighted by molar-refractivity contribution is 5.95. The van der Waals surface area contributed by atoms with Crippen LogP contribution in [-0.4, -0.2) is 61.3 Å². The fraction of sp³-hybridized carbons (Fsp3) is 0.481. The Hall–Kier alpha value is -2.84. The number of alkyl halides is 1. The summed E-state index contributed by atoms with van der Waals surface area (Å²) < 4.78 is 33.0. The lowest BCUT2D eigenvalue weighted by Crippen LogP contribution is -2.55. The quantitative estimate of drug-likeness (QED) is 0.563. The van der Waals surface area contributed by atoms with Crippen molar-refractivity contribution in [3.05, 3.63) is 65.5 Å². The Labute approximate surface area is 205 Å². The predicted octanol–water partition coefficient (Wildman–Crippen LogP) is 4.60. The van der Waals surface area contributed by atoms with Gasteiger partial charge in [-0.3, -0.25) is 4.79 Å². The molecule has 0 aliphatic carbocycles. The number of halogens is 2. The van der Waals surface area contributed by atoms with Crippen LogP contribution in [0.4, 0.5) is 19.3 Å². The molecule has 35 heavy (non-hydrogen) atoms. The van der Waals surface area contributed by atoms with Gasteiger partial charge in [0.25, 0.3) is 0 Å². The third-order valence-electron chi connectivity index (χ3n) is 6.90. The van der Waals surface area contributed by atoms with E-state index in [0.717, 1.165) is 37.9 Å². The number of carbonyl (C=O) groups is 2. The Morgan fingerprint density at radius 1 is 1.06 bits per heavy atom. The molecule has 3 atom stereocenters. The largest absolute Gasteiger partial charge is 0.372 e. The van der Waals surface area contributed by atoms with Gasteiger partial charge in [-0.1, -0.05) is 12.1 Å². The summed E-state index contributed by atoms with van der Waals surface area (Å²) in [5.74, 6) is 0.291. The van der Waals surface area contributed by atoms with Crippen LogP contribution in [0.5, 0.6) is 0 Å². The first-order valence-electron chi connectivity index (χ1n) is 12.3. The van der Waals surface area contributed by atoms with Gasteiger partial charge in [-0.05, 0) is 87.2 Å². The van der Waals surface area contributed by atoms with Crippen LogP contribution in [0.15, 0.2) is 48.5 Å². The van der Waals surface area contributed by atoms with Gasteiger partial charge in [0, 0.05) is 24.2 Å². The summed E-state index contributed by atoms with van der Waals surface area (Å²) in [6.07, 6.45) is 1.81. The number of ketones is 1. The molecule has 0 bridgehead atoms. The molecule has 0 saturated carbocycles. The molecule has 2 aromatic carbocycles. The monoisotopic (exact) mass is 485 g/mol. The van der Waals surface area contributed by atoms with Crippen molar-refractivity contribution < 1.29 is 23.1 Å². The first-order chi connectivity index (χ1) is 16.9. The number of nitrogens with one attached hydrogen (secondary N) is 2. The molecule has 3 unspecified atom stereocenters. The van der Waals surface area contributed by atoms with Crippen LogP contribution >= 0.6 is 0 Å². The summed E-state index contributed by atoms with van der Waals surface area (Å²) >= 11 is 0. The van der Waals surface area contributed by atoms with Crippen molar-refractivity contribution in [2.45, 2.75) is 50.9 Å². The number of hydrogen-bond donors (Lipinski definition) is 2. The number of piperidine rings is 1. The highest BCUT2D eigenvalue weighted by Crippen LogP contribution is 2.24. The maximum atomic E-state index is 14.1. The smallest absolute Gasteiger partial charge is 0.319 e. The number of anilines is 1. The maximum Gasteiger partial charge on any atom is 0.319 e. The van der Waals surface area contributed by atoms with Gasteiger partial charge in [-0.15, -0.1) is 0 Å². The molecule has 8 heteroatoms. The lowest BCUT2D eigenvalue weighted by Gasteiger charge is -2.39. The Balaban J connectivity index is 1.26. The third-order valence-corrected chi connectivity index (χ3v) is 6.90. The summed E-state index contributed by atoms with van der Waals surface area (Å²) in [5, 5.41) is 5.63. The molecule has 0 spiro atoms. The molecule has 2 saturated heterocycles. The van der Waals surface area contributed by atoms with Gasteiger partial charge in [0.15, 0.2) is 5.78 Å². The molecular formula is C27H33F2N3O3. The van der Waals surface area contributed by atoms with Gasteiger partial charge in [0.05, 0.1) is 18.8 Å². The summed E-state index contributed by atoms with van der Waals surface area (Å²) in [6, 6.07) is 12.5. The first kappa shape index (κ1) is 25.3. The summed E-state index contributed by atoms with van der Waals surface area (Å²) in [4.78, 5) is 26.3. The minimum absolute atomic E-state index is 0.0397. The van der Waals surface area contributed by atoms with E-state index in [2.05, 4.69) is 15.5 Å². The fourth-order valence-electron chi connectivity index (χ4n) is 4.88. The van der Waals surface area contributed by atoms with Gasteiger partial charge in [-0.25, -0.2) is 13.6 Å². The molecule has 0 aromatic heterocycles. The van der Waals surface area contributed by atoms with Gasteiger partial charge in [0.1, 0.15) is 12.0 Å². The minimum atomic E-state index is -1.12. The van der Waals surface area contributed by atoms with Gasteiger partial charge < -0.3 is 20.3 Å². The molecule has 2 aliphatic heterocycles. The van der Waals surface area contributed by atoms with E-state index in [0.29, 0.717) is 23.7 Å². The second-order valence-electron chi connectivity index (χ2n) is 9.62. The van der Waals surface area contributed by atoms with Crippen LogP contribution in [0.3, 0.4) is 0 Å². The summed E-state index contributed by atoms with van der Waals surface area (Å²) in [6.45, 7) is 3.98. The predicted molar refractivity (Wildman–Crippen MR) is 131 cm³/mol. The number of carbonyl (C=O) groups excluding carboxylic acids is 2. The molecule has 2 heterocycles. The first-order valence-corrected chi connectivity index (χ1v) is 12.3. The molecule has 6 nitrogen and oxygen atoms in total. The van der Waals surface area contributed by atoms with Crippen LogP contribution in [0.2, 0.25) is 0 Å². The van der Waals surface area contributed by atoms with Crippen molar-refractivity contribution in [2.75, 3.05) is 31.6 Å². The SMILES string of the molecule is CC(=O)c1ccc(NC(=O)NC2CC(F)COC2CN2CCC(Cc3ccc(F)cc3)CC2)cc1. The maximum absolute atomic E-state index is 14.1. The standard InChI is InChI=1S/C27H33F2N3O3/c1-18(33)21-4-8-24(9-5-21)30-27(34)31-25-15-23(29)17-35-26(25)16-32-12-10-20(11-13-32)14-19-2-6-22(28)7-3-19/h2-9,20,23,25-26H,10-17H2,1H3,(H2,30,31,34). The molecule has 2 N–H and O–H groups in total. The second kappa shape index (κ2) is 11.7. The minimum Gasteiger partial charge on any atom is -0.372 e. The fourth-order valence-corrected chi connectivity index (χ4v) is 4.88. The van der Waals surface area contributed by atoms with E-state index in [-0.39, 0.29) is 30.7 Å². The number of urea groups is 1. The van der Waals surface area contributed by atoms with Crippen LogP contribution < -0.4 is 10.6 Å². The van der Waals surface area contributed by atoms with E-state index in [1.165, 1.54) is 19.1 Å². The van der Waals surface area contributed by atoms with E-state index in [4.69, 9.17) is 4.74 Å². The Bertz CT molecular complexity index is 992. The van der Waals surface area contributed by atoms with Gasteiger partial charge in [0.2, 0.25) is 0 Å². The van der Waals surface area contributed by atoms with E-state index < -0.39 is 18.2 Å². The number of benzene rings is 2. The Morgan fingerprint density at radius 2 is 1.74 bits per heavy atom. The number of likely N-dealkylation sites (tertiary alicyclic amines) is 1. The lowest BCUT2D eigenvalue weighted by atomic mass is 9.89. The average Bonchev–Trinajstić information content (AvgIpc) is 2.84. The number of nitrogens with zero attached hydrogens (tertiary/aromatic N) is 1. The Kier molecular flexibility index (Phi) is 8.46. The number of amides is 2. The number of rotatable bonds is 7. The molecule has 0 radical (unpaired) electrons. The summed E-state index contributed by atoms with van der Waals surface area (Å²) in [5.41, 5.74) is 2.28. The van der Waals surface area contributed by atoms with Crippen molar-refractivity contribution in [3.63, 3.8) is 0 Å². The summed E-state index contributed by atoms with van der Waals surface area (Å²) in [7, 11) is 0. The van der Waals surface area contributed by atoms with Crippen molar-refractivity contribution in [3.8, 4) is 0 Å². The molecule has 2 aromatic rings.